The van der Waals surface area contributed by atoms with E-state index in [9.17, 15) is 0 Å². The van der Waals surface area contributed by atoms with Crippen LogP contribution in [-0.4, -0.2) is 11.4 Å². The first-order valence-electron chi connectivity index (χ1n) is 1.50. The van der Waals surface area contributed by atoms with Crippen LogP contribution in [0.1, 0.15) is 0 Å². The van der Waals surface area contributed by atoms with E-state index in [-0.39, 0.29) is 0 Å². The molecule has 0 aromatic heterocycles. The maximum absolute atomic E-state index is 5.14. The fourth-order valence-corrected chi connectivity index (χ4v) is 0.194. The van der Waals surface area contributed by atoms with Crippen molar-refractivity contribution in [1.82, 2.24) is 5.43 Å². The third-order valence-electron chi connectivity index (χ3n) is 0.389. The minimum Gasteiger partial charge on any atom is -0.288 e. The first-order chi connectivity index (χ1) is 2.81. The van der Waals surface area contributed by atoms with Gasteiger partial charge in [-0.2, -0.15) is 11.4 Å². The molecule has 5 N–H and O–H groups in total. The van der Waals surface area contributed by atoms with Gasteiger partial charge in [-0.05, 0) is 6.26 Å². The predicted octanol–water partition coefficient (Wildman–Crippen LogP) is -1.41. The Morgan fingerprint density at radius 2 is 2.33 bits per heavy atom. The average Bonchev–Trinajstić information content (AvgIpc) is 1.65. The number of hydrogen-bond acceptors (Lipinski definition) is 1. The summed E-state index contributed by atoms with van der Waals surface area (Å²) >= 11 is 0.986. The molecule has 0 fully saturated rings. The van der Waals surface area contributed by atoms with E-state index in [0.29, 0.717) is 5.11 Å². The van der Waals surface area contributed by atoms with Gasteiger partial charge in [0.2, 0.25) is 0 Å². The van der Waals surface area contributed by atoms with Gasteiger partial charge < -0.3 is 0 Å². The minimum absolute atomic E-state index is 0.593. The molecule has 0 radical (unpaired) electrons. The number of hydrazine groups is 1. The Balaban J connectivity index is 3.22. The zero-order chi connectivity index (χ0) is 4.99. The highest BCUT2D eigenvalue weighted by molar-refractivity contribution is 7.97. The van der Waals surface area contributed by atoms with Crippen LogP contribution in [0, 0.1) is 0 Å². The van der Waals surface area contributed by atoms with Crippen molar-refractivity contribution >= 4 is 16.5 Å². The van der Waals surface area contributed by atoms with Gasteiger partial charge in [0.1, 0.15) is 0 Å². The smallest absolute Gasteiger partial charge is 0.0907 e. The molecule has 0 rings (SSSR count). The summed E-state index contributed by atoms with van der Waals surface area (Å²) in [6.07, 6.45) is 1.90. The Bertz CT molecular complexity index is 59.8. The monoisotopic (exact) mass is 107 g/mol. The summed E-state index contributed by atoms with van der Waals surface area (Å²) in [7, 11) is 0. The second-order valence-electron chi connectivity index (χ2n) is 0.753. The maximum atomic E-state index is 5.14. The third kappa shape index (κ3) is 2.34. The molecule has 38 valence electrons. The fourth-order valence-electron chi connectivity index (χ4n) is 0.0645. The fraction of sp³-hybridized carbons (Fsp3) is 0.500. The normalized spacial score (nSPS) is 13.5. The Morgan fingerprint density at radius 3 is 2.33 bits per heavy atom. The van der Waals surface area contributed by atoms with Gasteiger partial charge in [-0.25, -0.2) is 5.43 Å². The lowest BCUT2D eigenvalue weighted by atomic mass is 11.2. The van der Waals surface area contributed by atoms with Crippen LogP contribution < -0.4 is 17.0 Å². The third-order valence-corrected chi connectivity index (χ3v) is 1.000. The molecule has 3 nitrogen and oxygen atoms in total. The van der Waals surface area contributed by atoms with Crippen LogP contribution in [0.25, 0.3) is 0 Å². The Hall–Kier alpha value is 0.1000. The van der Waals surface area contributed by atoms with Gasteiger partial charge in [0.15, 0.2) is 0 Å². The quantitative estimate of drug-likeness (QED) is 0.133. The molecule has 0 atom stereocenters. The van der Waals surface area contributed by atoms with Gasteiger partial charge in [-0.1, -0.05) is 0 Å². The average molecular weight is 107 g/mol. The van der Waals surface area contributed by atoms with Crippen LogP contribution in [0.2, 0.25) is 0 Å². The molecule has 0 saturated heterocycles. The molecular weight excluding hydrogens is 98.1 g/mol. The highest BCUT2D eigenvalue weighted by Gasteiger charge is 1.70. The summed E-state index contributed by atoms with van der Waals surface area (Å²) in [4.78, 5) is 0. The van der Waals surface area contributed by atoms with Crippen LogP contribution in [-0.2, 0) is 0 Å². The predicted molar refractivity (Wildman–Crippen MR) is 31.4 cm³/mol. The zero-order valence-corrected chi connectivity index (χ0v) is 4.50. The Morgan fingerprint density at radius 1 is 1.83 bits per heavy atom. The SMILES string of the molecule is C[SH]=C(N)NN. The van der Waals surface area contributed by atoms with Crippen molar-refractivity contribution in [1.29, 1.82) is 0 Å². The lowest BCUT2D eigenvalue weighted by molar-refractivity contribution is 1.03. The van der Waals surface area contributed by atoms with Gasteiger partial charge in [0.25, 0.3) is 0 Å². The van der Waals surface area contributed by atoms with E-state index < -0.39 is 0 Å². The molecule has 0 bridgehead atoms. The van der Waals surface area contributed by atoms with E-state index in [1.165, 1.54) is 0 Å². The van der Waals surface area contributed by atoms with Crippen molar-refractivity contribution in [3.05, 3.63) is 0 Å². The lowest BCUT2D eigenvalue weighted by Crippen LogP contribution is -2.35. The lowest BCUT2D eigenvalue weighted by Gasteiger charge is -1.89. The topological polar surface area (TPSA) is 64.1 Å². The van der Waals surface area contributed by atoms with E-state index in [4.69, 9.17) is 11.6 Å². The van der Waals surface area contributed by atoms with Gasteiger partial charge in [-0.15, -0.1) is 0 Å². The first kappa shape index (κ1) is 6.10. The van der Waals surface area contributed by atoms with Crippen molar-refractivity contribution < 1.29 is 0 Å². The minimum atomic E-state index is 0.593. The summed E-state index contributed by atoms with van der Waals surface area (Å²) in [5, 5.41) is 0.593. The van der Waals surface area contributed by atoms with Crippen molar-refractivity contribution in [2.45, 2.75) is 0 Å². The van der Waals surface area contributed by atoms with Crippen molar-refractivity contribution in [2.24, 2.45) is 11.6 Å². The largest absolute Gasteiger partial charge is 0.288 e. The summed E-state index contributed by atoms with van der Waals surface area (Å²) in [5.74, 6) is 4.86. The second kappa shape index (κ2) is 3.30. The molecule has 0 aliphatic heterocycles. The molecule has 0 aliphatic carbocycles. The van der Waals surface area contributed by atoms with Crippen LogP contribution >= 0.6 is 11.4 Å². The Labute approximate surface area is 40.6 Å². The van der Waals surface area contributed by atoms with E-state index in [2.05, 4.69) is 5.43 Å². The van der Waals surface area contributed by atoms with Crippen molar-refractivity contribution in [3.63, 3.8) is 0 Å². The van der Waals surface area contributed by atoms with Gasteiger partial charge in [0, 0.05) is 0 Å². The van der Waals surface area contributed by atoms with Crippen LogP contribution in [0.4, 0.5) is 0 Å². The van der Waals surface area contributed by atoms with E-state index >= 15 is 0 Å². The van der Waals surface area contributed by atoms with Crippen LogP contribution in [0.3, 0.4) is 0 Å². The molecule has 0 saturated carbocycles. The molecule has 0 heterocycles. The van der Waals surface area contributed by atoms with E-state index in [0.717, 1.165) is 11.4 Å². The Kier molecular flexibility index (Phi) is 3.35. The van der Waals surface area contributed by atoms with Crippen LogP contribution in [0.5, 0.6) is 0 Å². The summed E-state index contributed by atoms with van der Waals surface area (Å²) in [6, 6.07) is 0. The summed E-state index contributed by atoms with van der Waals surface area (Å²) < 4.78 is 0. The van der Waals surface area contributed by atoms with Crippen molar-refractivity contribution in [3.8, 4) is 0 Å². The molecule has 0 unspecified atom stereocenters. The highest BCUT2D eigenvalue weighted by Crippen LogP contribution is 1.66. The molecule has 4 heteroatoms. The van der Waals surface area contributed by atoms with E-state index in [1.54, 1.807) is 0 Å². The van der Waals surface area contributed by atoms with Gasteiger partial charge in [0.05, 0.1) is 5.11 Å². The van der Waals surface area contributed by atoms with E-state index in [1.807, 2.05) is 6.26 Å². The zero-order valence-electron chi connectivity index (χ0n) is 3.60. The van der Waals surface area contributed by atoms with Crippen molar-refractivity contribution in [2.75, 3.05) is 6.26 Å². The number of hydrogen-bond donors (Lipinski definition) is 4. The van der Waals surface area contributed by atoms with Gasteiger partial charge in [-0.3, -0.25) is 11.6 Å². The second-order valence-corrected chi connectivity index (χ2v) is 1.68. The molecule has 0 spiro atoms. The maximum Gasteiger partial charge on any atom is 0.0907 e. The number of nitrogens with two attached hydrogens (primary N) is 2. The molecule has 0 aliphatic rings. The first-order valence-corrected chi connectivity index (χ1v) is 2.84. The van der Waals surface area contributed by atoms with Gasteiger partial charge >= 0.3 is 0 Å². The highest BCUT2D eigenvalue weighted by atomic mass is 32.1. The molecule has 0 aromatic carbocycles. The molecular formula is C2H9N3S. The summed E-state index contributed by atoms with van der Waals surface area (Å²) in [5.41, 5.74) is 7.44. The number of thiol groups is 1. The number of nitrogens with one attached hydrogen (secondary N) is 1. The molecule has 0 aromatic rings. The molecule has 6 heavy (non-hydrogen) atoms. The number of rotatable bonds is 0. The molecule has 0 amide bonds. The summed E-state index contributed by atoms with van der Waals surface area (Å²) in [6.45, 7) is 0. The van der Waals surface area contributed by atoms with Crippen LogP contribution in [0.15, 0.2) is 0 Å². The standard InChI is InChI=1S/C2H9N3S/c1-6-2(3)5-4/h5-6H,3-4H2,1H3.